The maximum absolute atomic E-state index is 13.2. The Morgan fingerprint density at radius 3 is 2.14 bits per heavy atom. The summed E-state index contributed by atoms with van der Waals surface area (Å²) in [6.45, 7) is 8.39. The topological polar surface area (TPSA) is 79.3 Å². The van der Waals surface area contributed by atoms with Gasteiger partial charge in [-0.05, 0) is 38.0 Å². The number of ether oxygens (including phenoxy) is 2. The van der Waals surface area contributed by atoms with Crippen LogP contribution in [0.3, 0.4) is 0 Å². The van der Waals surface area contributed by atoms with Crippen LogP contribution in [0.25, 0.3) is 0 Å². The number of benzene rings is 2. The van der Waals surface area contributed by atoms with Crippen molar-refractivity contribution in [1.82, 2.24) is 9.21 Å². The molecule has 0 radical (unpaired) electrons. The number of phenols is 1. The number of fused-ring (bicyclic) bond motifs is 1. The number of rotatable bonds is 4. The van der Waals surface area contributed by atoms with E-state index in [4.69, 9.17) is 9.47 Å². The standard InChI is InChI=1S/C21H26N2O5S/c1-14-8-15(2)21(16(3)9-14)29(25,26)23-6-4-22(5-7-23)12-17-10-19-20(11-18(17)24)28-13-27-19/h8-11,24H,4-7,12-13H2,1-3H3. The lowest BCUT2D eigenvalue weighted by atomic mass is 10.1. The summed E-state index contributed by atoms with van der Waals surface area (Å²) in [6, 6.07) is 7.19. The van der Waals surface area contributed by atoms with Crippen LogP contribution in [0.15, 0.2) is 29.2 Å². The number of phenolic OH excluding ortho intramolecular Hbond substituents is 1. The molecule has 2 aromatic carbocycles. The first-order chi connectivity index (χ1) is 13.8. The molecule has 0 aliphatic carbocycles. The van der Waals surface area contributed by atoms with Crippen LogP contribution in [0.1, 0.15) is 22.3 Å². The van der Waals surface area contributed by atoms with Gasteiger partial charge in [0.15, 0.2) is 11.5 Å². The fourth-order valence-electron chi connectivity index (χ4n) is 4.17. The van der Waals surface area contributed by atoms with Gasteiger partial charge in [0, 0.05) is 44.4 Å². The van der Waals surface area contributed by atoms with E-state index in [1.165, 1.54) is 0 Å². The van der Waals surface area contributed by atoms with Gasteiger partial charge in [-0.3, -0.25) is 4.90 Å². The largest absolute Gasteiger partial charge is 0.507 e. The molecule has 2 aliphatic rings. The molecule has 0 aromatic heterocycles. The minimum absolute atomic E-state index is 0.159. The molecule has 0 atom stereocenters. The van der Waals surface area contributed by atoms with Crippen LogP contribution in [0.2, 0.25) is 0 Å². The van der Waals surface area contributed by atoms with E-state index >= 15 is 0 Å². The zero-order chi connectivity index (χ0) is 20.8. The molecule has 2 aromatic rings. The lowest BCUT2D eigenvalue weighted by Crippen LogP contribution is -2.48. The van der Waals surface area contributed by atoms with Crippen LogP contribution in [0.4, 0.5) is 0 Å². The molecule has 1 N–H and O–H groups in total. The Morgan fingerprint density at radius 1 is 0.931 bits per heavy atom. The first kappa shape index (κ1) is 20.0. The number of sulfonamides is 1. The molecule has 0 amide bonds. The third kappa shape index (κ3) is 3.80. The van der Waals surface area contributed by atoms with Gasteiger partial charge in [-0.2, -0.15) is 4.31 Å². The number of hydrogen-bond acceptors (Lipinski definition) is 6. The van der Waals surface area contributed by atoms with Crippen LogP contribution in [-0.4, -0.2) is 55.7 Å². The summed E-state index contributed by atoms with van der Waals surface area (Å²) in [5.41, 5.74) is 3.38. The van der Waals surface area contributed by atoms with E-state index in [0.717, 1.165) is 22.3 Å². The van der Waals surface area contributed by atoms with Crippen molar-refractivity contribution in [3.8, 4) is 17.2 Å². The van der Waals surface area contributed by atoms with Gasteiger partial charge < -0.3 is 14.6 Å². The normalized spacial score (nSPS) is 17.6. The number of aryl methyl sites for hydroxylation is 3. The van der Waals surface area contributed by atoms with Crippen LogP contribution >= 0.6 is 0 Å². The van der Waals surface area contributed by atoms with Crippen molar-refractivity contribution >= 4 is 10.0 Å². The van der Waals surface area contributed by atoms with E-state index in [-0.39, 0.29) is 12.5 Å². The van der Waals surface area contributed by atoms with Gasteiger partial charge in [0.05, 0.1) is 4.90 Å². The molecule has 1 fully saturated rings. The fraction of sp³-hybridized carbons (Fsp3) is 0.429. The van der Waals surface area contributed by atoms with E-state index in [0.29, 0.717) is 49.1 Å². The first-order valence-electron chi connectivity index (χ1n) is 9.67. The molecule has 0 spiro atoms. The van der Waals surface area contributed by atoms with Gasteiger partial charge in [0.2, 0.25) is 16.8 Å². The summed E-state index contributed by atoms with van der Waals surface area (Å²) < 4.78 is 38.7. The van der Waals surface area contributed by atoms with E-state index in [9.17, 15) is 13.5 Å². The van der Waals surface area contributed by atoms with Gasteiger partial charge in [0.25, 0.3) is 0 Å². The molecule has 4 rings (SSSR count). The van der Waals surface area contributed by atoms with Crippen LogP contribution in [0, 0.1) is 20.8 Å². The molecule has 156 valence electrons. The highest BCUT2D eigenvalue weighted by molar-refractivity contribution is 7.89. The summed E-state index contributed by atoms with van der Waals surface area (Å²) in [5, 5.41) is 10.3. The Bertz CT molecular complexity index is 1020. The Kier molecular flexibility index (Phi) is 5.18. The highest BCUT2D eigenvalue weighted by atomic mass is 32.2. The Hall–Kier alpha value is -2.29. The zero-order valence-electron chi connectivity index (χ0n) is 16.9. The first-order valence-corrected chi connectivity index (χ1v) is 11.1. The number of hydrogen-bond donors (Lipinski definition) is 1. The minimum atomic E-state index is -3.53. The van der Waals surface area contributed by atoms with Crippen molar-refractivity contribution in [2.24, 2.45) is 0 Å². The Labute approximate surface area is 171 Å². The highest BCUT2D eigenvalue weighted by Gasteiger charge is 2.31. The van der Waals surface area contributed by atoms with Crippen molar-refractivity contribution in [1.29, 1.82) is 0 Å². The molecule has 8 heteroatoms. The summed E-state index contributed by atoms with van der Waals surface area (Å²) in [4.78, 5) is 2.56. The molecule has 0 saturated carbocycles. The average molecular weight is 419 g/mol. The molecule has 7 nitrogen and oxygen atoms in total. The predicted octanol–water partition coefficient (Wildman–Crippen LogP) is 2.55. The SMILES string of the molecule is Cc1cc(C)c(S(=O)(=O)N2CCN(Cc3cc4c(cc3O)OCO4)CC2)c(C)c1. The monoisotopic (exact) mass is 418 g/mol. The second kappa shape index (κ2) is 7.51. The van der Waals surface area contributed by atoms with Crippen LogP contribution in [-0.2, 0) is 16.6 Å². The van der Waals surface area contributed by atoms with Crippen LogP contribution in [0.5, 0.6) is 17.2 Å². The third-order valence-corrected chi connectivity index (χ3v) is 7.71. The Morgan fingerprint density at radius 2 is 1.52 bits per heavy atom. The maximum atomic E-state index is 13.2. The lowest BCUT2D eigenvalue weighted by molar-refractivity contribution is 0.173. The van der Waals surface area contributed by atoms with Crippen LogP contribution < -0.4 is 9.47 Å². The van der Waals surface area contributed by atoms with Crippen molar-refractivity contribution in [3.63, 3.8) is 0 Å². The summed E-state index contributed by atoms with van der Waals surface area (Å²) in [7, 11) is -3.53. The van der Waals surface area contributed by atoms with E-state index in [1.807, 2.05) is 32.9 Å². The quantitative estimate of drug-likeness (QED) is 0.822. The summed E-state index contributed by atoms with van der Waals surface area (Å²) in [6.07, 6.45) is 0. The van der Waals surface area contributed by atoms with Crippen molar-refractivity contribution in [2.45, 2.75) is 32.2 Å². The zero-order valence-corrected chi connectivity index (χ0v) is 17.8. The van der Waals surface area contributed by atoms with Crippen molar-refractivity contribution < 1.29 is 23.0 Å². The molecule has 0 bridgehead atoms. The number of nitrogens with zero attached hydrogens (tertiary/aromatic N) is 2. The Balaban J connectivity index is 1.46. The summed E-state index contributed by atoms with van der Waals surface area (Å²) >= 11 is 0. The molecule has 2 aliphatic heterocycles. The third-order valence-electron chi connectivity index (χ3n) is 5.50. The fourth-order valence-corrected chi connectivity index (χ4v) is 6.01. The van der Waals surface area contributed by atoms with Gasteiger partial charge in [-0.1, -0.05) is 17.7 Å². The maximum Gasteiger partial charge on any atom is 0.243 e. The molecular weight excluding hydrogens is 392 g/mol. The van der Waals surface area contributed by atoms with E-state index in [2.05, 4.69) is 4.90 Å². The van der Waals surface area contributed by atoms with Crippen molar-refractivity contribution in [3.05, 3.63) is 46.5 Å². The minimum Gasteiger partial charge on any atom is -0.507 e. The highest BCUT2D eigenvalue weighted by Crippen LogP contribution is 2.38. The molecular formula is C21H26N2O5S. The molecule has 0 unspecified atom stereocenters. The molecule has 2 heterocycles. The van der Waals surface area contributed by atoms with Gasteiger partial charge in [-0.25, -0.2) is 8.42 Å². The second-order valence-corrected chi connectivity index (χ2v) is 9.62. The predicted molar refractivity (Wildman–Crippen MR) is 109 cm³/mol. The van der Waals surface area contributed by atoms with Gasteiger partial charge in [-0.15, -0.1) is 0 Å². The van der Waals surface area contributed by atoms with Crippen molar-refractivity contribution in [2.75, 3.05) is 33.0 Å². The van der Waals surface area contributed by atoms with Gasteiger partial charge >= 0.3 is 0 Å². The molecule has 29 heavy (non-hydrogen) atoms. The number of aromatic hydroxyl groups is 1. The smallest absolute Gasteiger partial charge is 0.243 e. The lowest BCUT2D eigenvalue weighted by Gasteiger charge is -2.34. The van der Waals surface area contributed by atoms with E-state index < -0.39 is 10.0 Å². The average Bonchev–Trinajstić information content (AvgIpc) is 3.08. The van der Waals surface area contributed by atoms with E-state index in [1.54, 1.807) is 16.4 Å². The van der Waals surface area contributed by atoms with Gasteiger partial charge in [0.1, 0.15) is 5.75 Å². The number of piperazine rings is 1. The molecule has 1 saturated heterocycles. The second-order valence-electron chi connectivity index (χ2n) is 7.74. The summed E-state index contributed by atoms with van der Waals surface area (Å²) in [5.74, 6) is 1.34.